The van der Waals surface area contributed by atoms with E-state index in [0.29, 0.717) is 17.9 Å². The average Bonchev–Trinajstić information content (AvgIpc) is 3.28. The highest BCUT2D eigenvalue weighted by atomic mass is 35.5. The van der Waals surface area contributed by atoms with Crippen LogP contribution in [-0.4, -0.2) is 64.7 Å². The van der Waals surface area contributed by atoms with E-state index in [2.05, 4.69) is 10.6 Å². The smallest absolute Gasteiger partial charge is 0.306 e. The topological polar surface area (TPSA) is 159 Å². The molecular formula is C26H33ClN4O6. The number of nitrogen functional groups attached to an aromatic ring is 1. The molecule has 4 rings (SSSR count). The molecule has 2 saturated carbocycles. The molecule has 0 aromatic heterocycles. The number of piperidine rings is 1. The van der Waals surface area contributed by atoms with Crippen LogP contribution in [0.25, 0.3) is 0 Å². The molecule has 37 heavy (non-hydrogen) atoms. The highest BCUT2D eigenvalue weighted by molar-refractivity contribution is 6.33. The molecule has 1 saturated heterocycles. The van der Waals surface area contributed by atoms with Gasteiger partial charge in [-0.2, -0.15) is 0 Å². The van der Waals surface area contributed by atoms with Crippen LogP contribution in [0.2, 0.25) is 5.02 Å². The minimum atomic E-state index is -1.09. The standard InChI is InChI=1S/C26H33ClN4O6/c1-12(2)20(30-23(33)14-3-6-18(28)17(27)11-14)25(35)31-21-15-4-5-16(19(15)21)22(31)24(34)29-9-7-13(8-10-32)26(36)37/h3,6,10-13,15-16,19-22H,4-5,7-9,28H2,1-2H3,(H,29,34)(H,30,33)(H,36,37). The van der Waals surface area contributed by atoms with Gasteiger partial charge in [0.05, 0.1) is 16.6 Å². The summed E-state index contributed by atoms with van der Waals surface area (Å²) in [6.45, 7) is 3.76. The molecule has 1 aromatic rings. The van der Waals surface area contributed by atoms with Gasteiger partial charge in [0.1, 0.15) is 18.4 Å². The van der Waals surface area contributed by atoms with E-state index < -0.39 is 29.9 Å². The zero-order chi connectivity index (χ0) is 27.0. The van der Waals surface area contributed by atoms with Gasteiger partial charge in [-0.25, -0.2) is 0 Å². The number of amides is 3. The molecule has 0 spiro atoms. The van der Waals surface area contributed by atoms with E-state index in [-0.39, 0.29) is 65.6 Å². The number of carboxylic acids is 1. The number of benzene rings is 1. The molecule has 2 aliphatic carbocycles. The van der Waals surface area contributed by atoms with Crippen LogP contribution in [0, 0.1) is 29.6 Å². The molecule has 1 aromatic carbocycles. The summed E-state index contributed by atoms with van der Waals surface area (Å²) in [7, 11) is 0. The van der Waals surface area contributed by atoms with Gasteiger partial charge in [0, 0.05) is 24.6 Å². The van der Waals surface area contributed by atoms with Crippen LogP contribution in [-0.2, 0) is 19.2 Å². The SMILES string of the molecule is CC(C)C(NC(=O)c1ccc(N)c(Cl)c1)C(=O)N1C(C(=O)NCCC(CC=O)C(=O)O)C2CCC3C2C31. The molecule has 5 N–H and O–H groups in total. The number of hydrogen-bond acceptors (Lipinski definition) is 6. The highest BCUT2D eigenvalue weighted by Gasteiger charge is 2.71. The first-order valence-electron chi connectivity index (χ1n) is 12.7. The normalized spacial score (nSPS) is 26.8. The summed E-state index contributed by atoms with van der Waals surface area (Å²) < 4.78 is 0. The van der Waals surface area contributed by atoms with Crippen molar-refractivity contribution in [2.24, 2.45) is 29.6 Å². The van der Waals surface area contributed by atoms with Gasteiger partial charge < -0.3 is 31.2 Å². The van der Waals surface area contributed by atoms with Crippen molar-refractivity contribution in [1.29, 1.82) is 0 Å². The lowest BCUT2D eigenvalue weighted by Gasteiger charge is -2.34. The van der Waals surface area contributed by atoms with Crippen molar-refractivity contribution in [2.45, 2.75) is 57.7 Å². The first-order valence-corrected chi connectivity index (χ1v) is 13.1. The summed E-state index contributed by atoms with van der Waals surface area (Å²) in [6, 6.07) is 2.98. The first-order chi connectivity index (χ1) is 17.6. The summed E-state index contributed by atoms with van der Waals surface area (Å²) in [6.07, 6.45) is 2.36. The fourth-order valence-electron chi connectivity index (χ4n) is 6.15. The zero-order valence-electron chi connectivity index (χ0n) is 20.9. The molecule has 3 amide bonds. The number of nitrogens with zero attached hydrogens (tertiary/aromatic N) is 1. The van der Waals surface area contributed by atoms with Crippen LogP contribution in [0.15, 0.2) is 18.2 Å². The molecule has 3 fully saturated rings. The van der Waals surface area contributed by atoms with Gasteiger partial charge in [0.15, 0.2) is 0 Å². The molecule has 3 aliphatic rings. The lowest BCUT2D eigenvalue weighted by atomic mass is 9.95. The minimum Gasteiger partial charge on any atom is -0.481 e. The van der Waals surface area contributed by atoms with Gasteiger partial charge in [-0.15, -0.1) is 0 Å². The molecular weight excluding hydrogens is 500 g/mol. The predicted octanol–water partition coefficient (Wildman–Crippen LogP) is 1.71. The maximum atomic E-state index is 13.9. The Kier molecular flexibility index (Phi) is 7.77. The Morgan fingerprint density at radius 2 is 1.92 bits per heavy atom. The average molecular weight is 533 g/mol. The van der Waals surface area contributed by atoms with Crippen LogP contribution in [0.5, 0.6) is 0 Å². The summed E-state index contributed by atoms with van der Waals surface area (Å²) in [4.78, 5) is 63.9. The number of fused-ring (bicyclic) bond motifs is 1. The Balaban J connectivity index is 1.48. The zero-order valence-corrected chi connectivity index (χ0v) is 21.6. The summed E-state index contributed by atoms with van der Waals surface area (Å²) in [5, 5.41) is 15.1. The lowest BCUT2D eigenvalue weighted by Crippen LogP contribution is -2.57. The third-order valence-corrected chi connectivity index (χ3v) is 8.40. The first kappa shape index (κ1) is 26.9. The molecule has 200 valence electrons. The number of rotatable bonds is 11. The number of aliphatic carboxylic acids is 1. The second-order valence-corrected chi connectivity index (χ2v) is 11.0. The van der Waals surface area contributed by atoms with Gasteiger partial charge in [-0.3, -0.25) is 19.2 Å². The number of carbonyl (C=O) groups excluding carboxylic acids is 4. The third-order valence-electron chi connectivity index (χ3n) is 8.07. The van der Waals surface area contributed by atoms with Gasteiger partial charge in [0.2, 0.25) is 11.8 Å². The second kappa shape index (κ2) is 10.7. The van der Waals surface area contributed by atoms with Crippen molar-refractivity contribution in [3.8, 4) is 0 Å². The van der Waals surface area contributed by atoms with E-state index in [0.717, 1.165) is 12.8 Å². The van der Waals surface area contributed by atoms with Crippen molar-refractivity contribution < 1.29 is 29.1 Å². The molecule has 7 atom stereocenters. The molecule has 7 unspecified atom stereocenters. The maximum Gasteiger partial charge on any atom is 0.306 e. The molecule has 0 bridgehead atoms. The number of aldehydes is 1. The van der Waals surface area contributed by atoms with Crippen LogP contribution in [0.1, 0.15) is 49.9 Å². The number of nitrogens with two attached hydrogens (primary N) is 1. The van der Waals surface area contributed by atoms with Crippen molar-refractivity contribution >= 4 is 47.3 Å². The van der Waals surface area contributed by atoms with Gasteiger partial charge in [0.25, 0.3) is 5.91 Å². The fourth-order valence-corrected chi connectivity index (χ4v) is 6.33. The van der Waals surface area contributed by atoms with Crippen LogP contribution < -0.4 is 16.4 Å². The molecule has 11 heteroatoms. The largest absolute Gasteiger partial charge is 0.481 e. The number of nitrogens with one attached hydrogen (secondary N) is 2. The number of carboxylic acid groups (broad SMARTS) is 1. The second-order valence-electron chi connectivity index (χ2n) is 10.6. The Bertz CT molecular complexity index is 1110. The van der Waals surface area contributed by atoms with E-state index >= 15 is 0 Å². The number of carbonyl (C=O) groups is 5. The Morgan fingerprint density at radius 3 is 2.54 bits per heavy atom. The van der Waals surface area contributed by atoms with Crippen LogP contribution >= 0.6 is 11.6 Å². The highest BCUT2D eigenvalue weighted by Crippen LogP contribution is 2.65. The summed E-state index contributed by atoms with van der Waals surface area (Å²) >= 11 is 6.06. The number of anilines is 1. The Labute approximate surface area is 220 Å². The predicted molar refractivity (Wildman–Crippen MR) is 136 cm³/mol. The molecule has 1 heterocycles. The van der Waals surface area contributed by atoms with E-state index in [1.807, 2.05) is 13.8 Å². The molecule has 10 nitrogen and oxygen atoms in total. The van der Waals surface area contributed by atoms with E-state index in [1.165, 1.54) is 18.2 Å². The summed E-state index contributed by atoms with van der Waals surface area (Å²) in [5.74, 6) is -2.57. The van der Waals surface area contributed by atoms with Crippen LogP contribution in [0.4, 0.5) is 5.69 Å². The van der Waals surface area contributed by atoms with Gasteiger partial charge in [-0.1, -0.05) is 25.4 Å². The maximum absolute atomic E-state index is 13.9. The number of halogens is 1. The molecule has 1 aliphatic heterocycles. The Morgan fingerprint density at radius 1 is 1.22 bits per heavy atom. The Hall–Kier alpha value is -3.14. The van der Waals surface area contributed by atoms with Crippen molar-refractivity contribution in [3.63, 3.8) is 0 Å². The van der Waals surface area contributed by atoms with Gasteiger partial charge >= 0.3 is 5.97 Å². The van der Waals surface area contributed by atoms with Crippen molar-refractivity contribution in [2.75, 3.05) is 12.3 Å². The molecule has 0 radical (unpaired) electrons. The minimum absolute atomic E-state index is 0.0204. The van der Waals surface area contributed by atoms with Gasteiger partial charge in [-0.05, 0) is 61.1 Å². The number of likely N-dealkylation sites (tertiary alicyclic amines) is 1. The monoisotopic (exact) mass is 532 g/mol. The van der Waals surface area contributed by atoms with Crippen LogP contribution in [0.3, 0.4) is 0 Å². The van der Waals surface area contributed by atoms with E-state index in [4.69, 9.17) is 17.3 Å². The third kappa shape index (κ3) is 5.16. The number of hydrogen-bond donors (Lipinski definition) is 4. The lowest BCUT2D eigenvalue weighted by molar-refractivity contribution is -0.143. The fraction of sp³-hybridized carbons (Fsp3) is 0.577. The van der Waals surface area contributed by atoms with Crippen molar-refractivity contribution in [3.05, 3.63) is 28.8 Å². The van der Waals surface area contributed by atoms with Crippen molar-refractivity contribution in [1.82, 2.24) is 15.5 Å². The van der Waals surface area contributed by atoms with E-state index in [9.17, 15) is 29.1 Å². The summed E-state index contributed by atoms with van der Waals surface area (Å²) in [5.41, 5.74) is 6.36. The van der Waals surface area contributed by atoms with E-state index in [1.54, 1.807) is 4.90 Å². The quantitative estimate of drug-likeness (QED) is 0.249.